The number of hydrogen-bond donors (Lipinski definition) is 2. The molecule has 0 aliphatic carbocycles. The molecule has 1 atom stereocenters. The molecule has 0 spiro atoms. The number of benzene rings is 1. The number of aryl methyl sites for hydroxylation is 1. The van der Waals surface area contributed by atoms with Crippen molar-refractivity contribution in [3.63, 3.8) is 0 Å². The zero-order chi connectivity index (χ0) is 20.1. The molecule has 1 saturated heterocycles. The Kier molecular flexibility index (Phi) is 6.41. The lowest BCUT2D eigenvalue weighted by molar-refractivity contribution is 0.0853. The number of pyridine rings is 1. The average Bonchev–Trinajstić information content (AvgIpc) is 3.21. The van der Waals surface area contributed by atoms with Crippen LogP contribution in [-0.2, 0) is 4.74 Å². The molecular formula is C22H27N3O3. The van der Waals surface area contributed by atoms with Crippen LogP contribution >= 0.6 is 0 Å². The molecule has 28 heavy (non-hydrogen) atoms. The molecule has 2 N–H and O–H groups in total. The van der Waals surface area contributed by atoms with Crippen molar-refractivity contribution in [3.8, 4) is 0 Å². The van der Waals surface area contributed by atoms with Crippen LogP contribution in [0.4, 0.5) is 5.69 Å². The fraction of sp³-hybridized carbons (Fsp3) is 0.409. The maximum Gasteiger partial charge on any atom is 0.269 e. The second-order valence-corrected chi connectivity index (χ2v) is 7.42. The van der Waals surface area contributed by atoms with Crippen LogP contribution in [0.3, 0.4) is 0 Å². The molecule has 148 valence electrons. The third-order valence-electron chi connectivity index (χ3n) is 4.93. The van der Waals surface area contributed by atoms with Crippen molar-refractivity contribution in [1.82, 2.24) is 10.3 Å². The molecule has 1 aromatic carbocycles. The Balaban J connectivity index is 1.71. The Morgan fingerprint density at radius 3 is 2.79 bits per heavy atom. The second kappa shape index (κ2) is 8.97. The van der Waals surface area contributed by atoms with Gasteiger partial charge in [0.15, 0.2) is 0 Å². The molecule has 6 heteroatoms. The fourth-order valence-electron chi connectivity index (χ4n) is 3.33. The molecule has 2 amide bonds. The van der Waals surface area contributed by atoms with Gasteiger partial charge in [-0.05, 0) is 48.9 Å². The van der Waals surface area contributed by atoms with Gasteiger partial charge in [-0.25, -0.2) is 0 Å². The summed E-state index contributed by atoms with van der Waals surface area (Å²) in [5.74, 6) is -0.275. The Morgan fingerprint density at radius 1 is 1.25 bits per heavy atom. The summed E-state index contributed by atoms with van der Waals surface area (Å²) in [4.78, 5) is 29.3. The number of nitrogens with zero attached hydrogens (tertiary/aromatic N) is 1. The third kappa shape index (κ3) is 4.75. The van der Waals surface area contributed by atoms with E-state index in [0.717, 1.165) is 36.3 Å². The lowest BCUT2D eigenvalue weighted by Gasteiger charge is -2.16. The van der Waals surface area contributed by atoms with Gasteiger partial charge in [0, 0.05) is 30.6 Å². The van der Waals surface area contributed by atoms with Gasteiger partial charge in [0.05, 0.1) is 6.10 Å². The summed E-state index contributed by atoms with van der Waals surface area (Å²) < 4.78 is 5.51. The lowest BCUT2D eigenvalue weighted by atomic mass is 9.98. The Hall–Kier alpha value is -2.73. The summed E-state index contributed by atoms with van der Waals surface area (Å²) in [5, 5.41) is 5.83. The number of hydrogen-bond acceptors (Lipinski definition) is 4. The van der Waals surface area contributed by atoms with E-state index in [1.54, 1.807) is 6.07 Å². The van der Waals surface area contributed by atoms with Crippen LogP contribution in [0, 0.1) is 6.92 Å². The Morgan fingerprint density at radius 2 is 2.07 bits per heavy atom. The van der Waals surface area contributed by atoms with E-state index >= 15 is 0 Å². The highest BCUT2D eigenvalue weighted by molar-refractivity contribution is 6.06. The molecule has 2 aromatic rings. The summed E-state index contributed by atoms with van der Waals surface area (Å²) in [6.07, 6.45) is 3.51. The van der Waals surface area contributed by atoms with Crippen molar-refractivity contribution in [3.05, 3.63) is 58.9 Å². The average molecular weight is 381 g/mol. The van der Waals surface area contributed by atoms with E-state index in [4.69, 9.17) is 4.74 Å². The molecule has 1 fully saturated rings. The number of amides is 2. The number of aromatic nitrogens is 1. The van der Waals surface area contributed by atoms with Crippen LogP contribution in [0.15, 0.2) is 36.5 Å². The standard InChI is InChI=1S/C22H27N3O3/c1-14(2)18-8-4-6-15(3)20(18)25-21(26)16-9-10-23-19(12-16)22(27)24-13-17-7-5-11-28-17/h4,6,8-10,12,14,17H,5,7,11,13H2,1-3H3,(H,24,27)(H,25,26). The number of anilines is 1. The van der Waals surface area contributed by atoms with Crippen molar-refractivity contribution in [2.75, 3.05) is 18.5 Å². The number of ether oxygens (including phenoxy) is 1. The predicted octanol–water partition coefficient (Wildman–Crippen LogP) is 3.67. The first kappa shape index (κ1) is 20.0. The van der Waals surface area contributed by atoms with E-state index in [1.165, 1.54) is 12.3 Å². The van der Waals surface area contributed by atoms with Crippen LogP contribution in [0.1, 0.15) is 64.6 Å². The number of nitrogens with one attached hydrogen (secondary N) is 2. The minimum atomic E-state index is -0.302. The van der Waals surface area contributed by atoms with Crippen molar-refractivity contribution in [2.24, 2.45) is 0 Å². The molecule has 1 aliphatic rings. The van der Waals surface area contributed by atoms with E-state index in [1.807, 2.05) is 25.1 Å². The smallest absolute Gasteiger partial charge is 0.269 e. The van der Waals surface area contributed by atoms with E-state index < -0.39 is 0 Å². The van der Waals surface area contributed by atoms with E-state index in [2.05, 4.69) is 29.5 Å². The maximum atomic E-state index is 12.8. The van der Waals surface area contributed by atoms with Gasteiger partial charge in [0.2, 0.25) is 0 Å². The first-order valence-electron chi connectivity index (χ1n) is 9.72. The SMILES string of the molecule is Cc1cccc(C(C)C)c1NC(=O)c1ccnc(C(=O)NCC2CCCO2)c1. The first-order valence-corrected chi connectivity index (χ1v) is 9.72. The quantitative estimate of drug-likeness (QED) is 0.800. The van der Waals surface area contributed by atoms with E-state index in [0.29, 0.717) is 12.1 Å². The van der Waals surface area contributed by atoms with E-state index in [9.17, 15) is 9.59 Å². The maximum absolute atomic E-state index is 12.8. The number of rotatable bonds is 6. The molecule has 1 aliphatic heterocycles. The van der Waals surface area contributed by atoms with Crippen LogP contribution in [0.2, 0.25) is 0 Å². The summed E-state index contributed by atoms with van der Waals surface area (Å²) in [6, 6.07) is 9.11. The van der Waals surface area contributed by atoms with Gasteiger partial charge < -0.3 is 15.4 Å². The van der Waals surface area contributed by atoms with Crippen LogP contribution in [0.5, 0.6) is 0 Å². The molecule has 1 unspecified atom stereocenters. The topological polar surface area (TPSA) is 80.3 Å². The third-order valence-corrected chi connectivity index (χ3v) is 4.93. The van der Waals surface area contributed by atoms with Crippen molar-refractivity contribution in [1.29, 1.82) is 0 Å². The minimum Gasteiger partial charge on any atom is -0.376 e. The number of carbonyl (C=O) groups is 2. The van der Waals surface area contributed by atoms with Crippen molar-refractivity contribution >= 4 is 17.5 Å². The molecule has 2 heterocycles. The molecular weight excluding hydrogens is 354 g/mol. The Bertz CT molecular complexity index is 858. The molecule has 3 rings (SSSR count). The van der Waals surface area contributed by atoms with Gasteiger partial charge in [-0.1, -0.05) is 32.0 Å². The largest absolute Gasteiger partial charge is 0.376 e. The van der Waals surface area contributed by atoms with Crippen molar-refractivity contribution < 1.29 is 14.3 Å². The normalized spacial score (nSPS) is 16.2. The zero-order valence-corrected chi connectivity index (χ0v) is 16.6. The van der Waals surface area contributed by atoms with Crippen LogP contribution in [-0.4, -0.2) is 36.1 Å². The highest BCUT2D eigenvalue weighted by atomic mass is 16.5. The predicted molar refractivity (Wildman–Crippen MR) is 109 cm³/mol. The van der Waals surface area contributed by atoms with Gasteiger partial charge in [0.25, 0.3) is 11.8 Å². The monoisotopic (exact) mass is 381 g/mol. The summed E-state index contributed by atoms with van der Waals surface area (Å²) in [7, 11) is 0. The first-order chi connectivity index (χ1) is 13.5. The van der Waals surface area contributed by atoms with Crippen LogP contribution < -0.4 is 10.6 Å². The van der Waals surface area contributed by atoms with E-state index in [-0.39, 0.29) is 29.5 Å². The molecule has 0 saturated carbocycles. The van der Waals surface area contributed by atoms with Crippen molar-refractivity contribution in [2.45, 2.75) is 45.6 Å². The van der Waals surface area contributed by atoms with Gasteiger partial charge in [0.1, 0.15) is 5.69 Å². The molecule has 6 nitrogen and oxygen atoms in total. The van der Waals surface area contributed by atoms with Crippen LogP contribution in [0.25, 0.3) is 0 Å². The van der Waals surface area contributed by atoms with Gasteiger partial charge >= 0.3 is 0 Å². The summed E-state index contributed by atoms with van der Waals surface area (Å²) in [6.45, 7) is 7.35. The van der Waals surface area contributed by atoms with Gasteiger partial charge in [-0.2, -0.15) is 0 Å². The minimum absolute atomic E-state index is 0.0611. The highest BCUT2D eigenvalue weighted by Gasteiger charge is 2.18. The molecule has 1 aromatic heterocycles. The lowest BCUT2D eigenvalue weighted by Crippen LogP contribution is -2.32. The number of carbonyl (C=O) groups excluding carboxylic acids is 2. The highest BCUT2D eigenvalue weighted by Crippen LogP contribution is 2.27. The molecule has 0 radical (unpaired) electrons. The fourth-order valence-corrected chi connectivity index (χ4v) is 3.33. The molecule has 0 bridgehead atoms. The van der Waals surface area contributed by atoms with Gasteiger partial charge in [-0.3, -0.25) is 14.6 Å². The number of para-hydroxylation sites is 1. The summed E-state index contributed by atoms with van der Waals surface area (Å²) >= 11 is 0. The Labute approximate surface area is 165 Å². The second-order valence-electron chi connectivity index (χ2n) is 7.42. The zero-order valence-electron chi connectivity index (χ0n) is 16.6. The summed E-state index contributed by atoms with van der Waals surface area (Å²) in [5.41, 5.74) is 3.53. The van der Waals surface area contributed by atoms with Gasteiger partial charge in [-0.15, -0.1) is 0 Å².